The Kier molecular flexibility index (Phi) is 10.8. The van der Waals surface area contributed by atoms with E-state index in [9.17, 15) is 18.0 Å². The molecule has 0 unspecified atom stereocenters. The molecule has 40 heavy (non-hydrogen) atoms. The van der Waals surface area contributed by atoms with Crippen LogP contribution in [0.5, 0.6) is 0 Å². The average Bonchev–Trinajstić information content (AvgIpc) is 2.93. The lowest BCUT2D eigenvalue weighted by molar-refractivity contribution is -0.139. The molecule has 9 heteroatoms. The molecule has 0 aliphatic carbocycles. The molecular weight excluding hydrogens is 546 g/mol. The third-order valence-corrected chi connectivity index (χ3v) is 9.05. The zero-order valence-electron chi connectivity index (χ0n) is 23.8. The van der Waals surface area contributed by atoms with Gasteiger partial charge in [0.25, 0.3) is 10.0 Å². The molecule has 1 N–H and O–H groups in total. The number of nitrogens with one attached hydrogen (secondary N) is 1. The lowest BCUT2D eigenvalue weighted by atomic mass is 10.1. The number of halogens is 1. The number of hydrogen-bond acceptors (Lipinski definition) is 4. The van der Waals surface area contributed by atoms with Gasteiger partial charge in [-0.3, -0.25) is 13.9 Å². The molecule has 0 saturated heterocycles. The summed E-state index contributed by atoms with van der Waals surface area (Å²) in [5.74, 6) is -0.797. The lowest BCUT2D eigenvalue weighted by Gasteiger charge is -2.32. The largest absolute Gasteiger partial charge is 0.354 e. The van der Waals surface area contributed by atoms with E-state index in [1.807, 2.05) is 45.0 Å². The molecule has 0 aliphatic rings. The van der Waals surface area contributed by atoms with E-state index in [-0.39, 0.29) is 17.3 Å². The Hall–Kier alpha value is -3.36. The summed E-state index contributed by atoms with van der Waals surface area (Å²) in [6.07, 6.45) is 1.74. The molecule has 0 fully saturated rings. The fourth-order valence-electron chi connectivity index (χ4n) is 4.23. The highest BCUT2D eigenvalue weighted by Gasteiger charge is 2.33. The van der Waals surface area contributed by atoms with Crippen LogP contribution in [0.2, 0.25) is 5.02 Å². The maximum atomic E-state index is 14.0. The third-order valence-electron chi connectivity index (χ3n) is 6.87. The third kappa shape index (κ3) is 7.64. The number of aryl methyl sites for hydroxylation is 2. The van der Waals surface area contributed by atoms with E-state index in [0.717, 1.165) is 33.8 Å². The van der Waals surface area contributed by atoms with Crippen molar-refractivity contribution in [1.29, 1.82) is 0 Å². The molecule has 0 radical (unpaired) electrons. The highest BCUT2D eigenvalue weighted by Crippen LogP contribution is 2.31. The number of carbonyl (C=O) groups excluding carboxylic acids is 2. The first-order valence-electron chi connectivity index (χ1n) is 13.4. The number of sulfonamides is 1. The summed E-state index contributed by atoms with van der Waals surface area (Å²) >= 11 is 6.38. The number of rotatable bonds is 12. The van der Waals surface area contributed by atoms with Gasteiger partial charge in [0.2, 0.25) is 11.8 Å². The molecule has 2 amide bonds. The van der Waals surface area contributed by atoms with Gasteiger partial charge in [0.15, 0.2) is 0 Å². The Morgan fingerprint density at radius 2 is 1.52 bits per heavy atom. The molecular formula is C31H38ClN3O4S. The Morgan fingerprint density at radius 1 is 0.925 bits per heavy atom. The number of hydrogen-bond donors (Lipinski definition) is 1. The minimum atomic E-state index is -4.15. The minimum absolute atomic E-state index is 0.0562. The van der Waals surface area contributed by atoms with Gasteiger partial charge in [-0.05, 0) is 69.5 Å². The van der Waals surface area contributed by atoms with Crippen molar-refractivity contribution in [1.82, 2.24) is 10.2 Å². The van der Waals surface area contributed by atoms with Crippen LogP contribution in [-0.4, -0.2) is 44.3 Å². The van der Waals surface area contributed by atoms with Crippen LogP contribution in [0.3, 0.4) is 0 Å². The van der Waals surface area contributed by atoms with Crippen molar-refractivity contribution in [2.75, 3.05) is 17.4 Å². The van der Waals surface area contributed by atoms with Crippen LogP contribution >= 0.6 is 11.6 Å². The van der Waals surface area contributed by atoms with Crippen LogP contribution in [0.1, 0.15) is 48.9 Å². The van der Waals surface area contributed by atoms with Gasteiger partial charge in [-0.15, -0.1) is 0 Å². The second-order valence-corrected chi connectivity index (χ2v) is 12.3. The molecule has 0 saturated carbocycles. The summed E-state index contributed by atoms with van der Waals surface area (Å²) in [4.78, 5) is 28.6. The predicted octanol–water partition coefficient (Wildman–Crippen LogP) is 5.79. The van der Waals surface area contributed by atoms with Crippen molar-refractivity contribution in [2.24, 2.45) is 0 Å². The smallest absolute Gasteiger partial charge is 0.264 e. The van der Waals surface area contributed by atoms with Gasteiger partial charge < -0.3 is 10.2 Å². The standard InChI is InChI=1S/C31H38ClN3O4S/c1-6-7-19-33-31(37)25(5)34(20-26-15-11-22(2)12-16-26)30(36)21-35(29-10-8-9-28(32)24(29)4)40(38,39)27-17-13-23(3)14-18-27/h8-18,25H,6-7,19-21H2,1-5H3,(H,33,37)/t25-/m0/s1. The SMILES string of the molecule is CCCCNC(=O)[C@H](C)N(Cc1ccc(C)cc1)C(=O)CN(c1cccc(Cl)c1C)S(=O)(=O)c1ccc(C)cc1. The van der Waals surface area contributed by atoms with Crippen molar-refractivity contribution in [2.45, 2.75) is 64.9 Å². The van der Waals surface area contributed by atoms with Gasteiger partial charge in [0.1, 0.15) is 12.6 Å². The van der Waals surface area contributed by atoms with E-state index in [4.69, 9.17) is 11.6 Å². The van der Waals surface area contributed by atoms with Gasteiger partial charge >= 0.3 is 0 Å². The normalized spacial score (nSPS) is 12.1. The molecule has 0 bridgehead atoms. The van der Waals surface area contributed by atoms with Crippen molar-refractivity contribution in [3.8, 4) is 0 Å². The summed E-state index contributed by atoms with van der Waals surface area (Å²) in [6, 6.07) is 18.3. The maximum absolute atomic E-state index is 14.0. The van der Waals surface area contributed by atoms with Gasteiger partial charge in [-0.1, -0.05) is 78.5 Å². The van der Waals surface area contributed by atoms with Crippen LogP contribution in [0.15, 0.2) is 71.6 Å². The fourth-order valence-corrected chi connectivity index (χ4v) is 5.87. The van der Waals surface area contributed by atoms with Crippen LogP contribution in [0.25, 0.3) is 0 Å². The van der Waals surface area contributed by atoms with Crippen LogP contribution in [-0.2, 0) is 26.2 Å². The topological polar surface area (TPSA) is 86.8 Å². The van der Waals surface area contributed by atoms with Crippen LogP contribution < -0.4 is 9.62 Å². The molecule has 3 rings (SSSR count). The number of anilines is 1. The van der Waals surface area contributed by atoms with E-state index < -0.39 is 28.5 Å². The van der Waals surface area contributed by atoms with Crippen molar-refractivity contribution < 1.29 is 18.0 Å². The molecule has 7 nitrogen and oxygen atoms in total. The average molecular weight is 584 g/mol. The zero-order chi connectivity index (χ0) is 29.4. The number of unbranched alkanes of at least 4 members (excludes halogenated alkanes) is 1. The summed E-state index contributed by atoms with van der Waals surface area (Å²) < 4.78 is 29.0. The summed E-state index contributed by atoms with van der Waals surface area (Å²) in [5, 5.41) is 3.28. The predicted molar refractivity (Wildman–Crippen MR) is 161 cm³/mol. The highest BCUT2D eigenvalue weighted by atomic mass is 35.5. The van der Waals surface area contributed by atoms with E-state index in [0.29, 0.717) is 22.8 Å². The zero-order valence-corrected chi connectivity index (χ0v) is 25.3. The Balaban J connectivity index is 2.04. The molecule has 3 aromatic carbocycles. The summed E-state index contributed by atoms with van der Waals surface area (Å²) in [6.45, 7) is 9.40. The fraction of sp³-hybridized carbons (Fsp3) is 0.355. The second kappa shape index (κ2) is 13.8. The Bertz CT molecular complexity index is 1420. The molecule has 214 valence electrons. The van der Waals surface area contributed by atoms with Crippen LogP contribution in [0, 0.1) is 20.8 Å². The van der Waals surface area contributed by atoms with Crippen LogP contribution in [0.4, 0.5) is 5.69 Å². The summed E-state index contributed by atoms with van der Waals surface area (Å²) in [5.41, 5.74) is 3.64. The molecule has 0 aliphatic heterocycles. The number of carbonyl (C=O) groups is 2. The van der Waals surface area contributed by atoms with E-state index in [1.165, 1.54) is 17.0 Å². The van der Waals surface area contributed by atoms with E-state index in [1.54, 1.807) is 44.2 Å². The highest BCUT2D eigenvalue weighted by molar-refractivity contribution is 7.92. The van der Waals surface area contributed by atoms with E-state index in [2.05, 4.69) is 5.32 Å². The second-order valence-electron chi connectivity index (χ2n) is 10.0. The van der Waals surface area contributed by atoms with Gasteiger partial charge in [0.05, 0.1) is 10.6 Å². The Morgan fingerprint density at radius 3 is 2.12 bits per heavy atom. The molecule has 1 atom stereocenters. The molecule has 0 spiro atoms. The van der Waals surface area contributed by atoms with Gasteiger partial charge in [0, 0.05) is 18.1 Å². The molecule has 0 aromatic heterocycles. The molecule has 3 aromatic rings. The minimum Gasteiger partial charge on any atom is -0.354 e. The van der Waals surface area contributed by atoms with E-state index >= 15 is 0 Å². The first kappa shape index (κ1) is 31.2. The van der Waals surface area contributed by atoms with Crippen molar-refractivity contribution in [3.05, 3.63) is 94.0 Å². The van der Waals surface area contributed by atoms with Crippen molar-refractivity contribution >= 4 is 39.1 Å². The van der Waals surface area contributed by atoms with Crippen molar-refractivity contribution in [3.63, 3.8) is 0 Å². The Labute approximate surface area is 243 Å². The number of benzene rings is 3. The van der Waals surface area contributed by atoms with Gasteiger partial charge in [-0.2, -0.15) is 0 Å². The quantitative estimate of drug-likeness (QED) is 0.273. The number of nitrogens with zero attached hydrogens (tertiary/aromatic N) is 2. The first-order chi connectivity index (χ1) is 18.9. The monoisotopic (exact) mass is 583 g/mol. The first-order valence-corrected chi connectivity index (χ1v) is 15.2. The number of amides is 2. The van der Waals surface area contributed by atoms with Gasteiger partial charge in [-0.25, -0.2) is 8.42 Å². The lowest BCUT2D eigenvalue weighted by Crippen LogP contribution is -2.51. The maximum Gasteiger partial charge on any atom is 0.264 e. The molecule has 0 heterocycles. The summed E-state index contributed by atoms with van der Waals surface area (Å²) in [7, 11) is -4.15.